The Morgan fingerprint density at radius 2 is 1.94 bits per heavy atom. The molecule has 1 saturated heterocycles. The maximum absolute atomic E-state index is 12.6. The Morgan fingerprint density at radius 1 is 1.44 bits per heavy atom. The minimum atomic E-state index is -4.33. The van der Waals surface area contributed by atoms with E-state index in [1.807, 2.05) is 0 Å². The summed E-state index contributed by atoms with van der Waals surface area (Å²) in [5.41, 5.74) is 0. The number of nitrogens with zero attached hydrogens (tertiary/aromatic N) is 1. The first-order valence-corrected chi connectivity index (χ1v) is 5.84. The van der Waals surface area contributed by atoms with E-state index in [2.05, 4.69) is 3.07 Å². The second-order valence-electron chi connectivity index (χ2n) is 3.89. The van der Waals surface area contributed by atoms with Crippen molar-refractivity contribution in [1.82, 2.24) is 4.90 Å². The lowest BCUT2D eigenvalue weighted by Gasteiger charge is -2.35. The number of alkyl halides is 3. The van der Waals surface area contributed by atoms with Crippen molar-refractivity contribution in [2.24, 2.45) is 5.92 Å². The van der Waals surface area contributed by atoms with Crippen molar-refractivity contribution in [3.63, 3.8) is 0 Å². The molecule has 1 aliphatic rings. The molecule has 0 aromatic carbocycles. The van der Waals surface area contributed by atoms with Gasteiger partial charge in [0.25, 0.3) is 0 Å². The summed E-state index contributed by atoms with van der Waals surface area (Å²) in [4.78, 5) is 12.6. The van der Waals surface area contributed by atoms with Crippen molar-refractivity contribution < 1.29 is 21.0 Å². The molecular weight excluding hydrogens is 338 g/mol. The summed E-state index contributed by atoms with van der Waals surface area (Å²) >= 11 is 1.30. The van der Waals surface area contributed by atoms with E-state index in [4.69, 9.17) is 0 Å². The second-order valence-corrected chi connectivity index (χ2v) is 4.40. The molecule has 1 heterocycles. The van der Waals surface area contributed by atoms with E-state index in [0.717, 1.165) is 0 Å². The lowest BCUT2D eigenvalue weighted by molar-refractivity contribution is -0.204. The van der Waals surface area contributed by atoms with E-state index >= 15 is 0 Å². The number of hydrogen-bond donors (Lipinski definition) is 0. The average molecular weight is 351 g/mol. The van der Waals surface area contributed by atoms with Crippen molar-refractivity contribution in [3.8, 4) is 0 Å². The highest BCUT2D eigenvalue weighted by Gasteiger charge is 2.46. The van der Waals surface area contributed by atoms with Gasteiger partial charge in [0.1, 0.15) is 23.0 Å². The van der Waals surface area contributed by atoms with Crippen LogP contribution in [-0.4, -0.2) is 36.2 Å². The summed E-state index contributed by atoms with van der Waals surface area (Å²) < 4.78 is 42.1. The molecule has 0 spiro atoms. The van der Waals surface area contributed by atoms with Gasteiger partial charge in [0.2, 0.25) is 5.91 Å². The zero-order valence-electron chi connectivity index (χ0n) is 8.76. The van der Waals surface area contributed by atoms with Crippen molar-refractivity contribution in [2.45, 2.75) is 32.0 Å². The quantitative estimate of drug-likeness (QED) is 0.716. The van der Waals surface area contributed by atoms with Crippen LogP contribution < -0.4 is 0 Å². The van der Waals surface area contributed by atoms with E-state index in [9.17, 15) is 18.0 Å². The number of hydrogen-bond acceptors (Lipinski definition) is 2. The van der Waals surface area contributed by atoms with Gasteiger partial charge in [-0.25, -0.2) is 0 Å². The van der Waals surface area contributed by atoms with Crippen LogP contribution in [0.1, 0.15) is 19.8 Å². The van der Waals surface area contributed by atoms with Gasteiger partial charge in [-0.2, -0.15) is 13.2 Å². The monoisotopic (exact) mass is 351 g/mol. The number of likely N-dealkylation sites (tertiary alicyclic amines) is 1. The minimum Gasteiger partial charge on any atom is -0.343 e. The molecule has 3 nitrogen and oxygen atoms in total. The first-order chi connectivity index (χ1) is 7.36. The minimum absolute atomic E-state index is 0.0857. The number of amides is 1. The smallest absolute Gasteiger partial charge is 0.343 e. The third kappa shape index (κ3) is 3.47. The predicted octanol–water partition coefficient (Wildman–Crippen LogP) is 2.54. The zero-order valence-corrected chi connectivity index (χ0v) is 10.9. The fourth-order valence-electron chi connectivity index (χ4n) is 1.91. The van der Waals surface area contributed by atoms with Gasteiger partial charge in [0.05, 0.1) is 0 Å². The summed E-state index contributed by atoms with van der Waals surface area (Å²) in [7, 11) is 0. The van der Waals surface area contributed by atoms with Crippen LogP contribution in [0.2, 0.25) is 0 Å². The highest BCUT2D eigenvalue weighted by Crippen LogP contribution is 2.35. The van der Waals surface area contributed by atoms with E-state index in [1.54, 1.807) is 4.90 Å². The Labute approximate surface area is 106 Å². The largest absolute Gasteiger partial charge is 0.415 e. The molecule has 94 valence electrons. The molecule has 7 heteroatoms. The van der Waals surface area contributed by atoms with Crippen LogP contribution in [0, 0.1) is 5.92 Å². The normalized spacial score (nSPS) is 20.9. The highest BCUT2D eigenvalue weighted by molar-refractivity contribution is 14.1. The summed E-state index contributed by atoms with van der Waals surface area (Å²) in [5, 5.41) is 0. The third-order valence-corrected chi connectivity index (χ3v) is 3.38. The SMILES string of the molecule is CC(=O)N1CCC(C(OI)C(F)(F)F)CC1. The van der Waals surface area contributed by atoms with Crippen LogP contribution >= 0.6 is 23.0 Å². The molecular formula is C9H13F3INO2. The number of carbonyl (C=O) groups excluding carboxylic acids is 1. The molecule has 0 aromatic heterocycles. The molecule has 0 aliphatic carbocycles. The highest BCUT2D eigenvalue weighted by atomic mass is 127. The van der Waals surface area contributed by atoms with Crippen LogP contribution in [0.5, 0.6) is 0 Å². The lowest BCUT2D eigenvalue weighted by atomic mass is 9.91. The fraction of sp³-hybridized carbons (Fsp3) is 0.889. The van der Waals surface area contributed by atoms with Gasteiger partial charge >= 0.3 is 6.18 Å². The number of halogens is 4. The standard InChI is InChI=1S/C9H13F3INO2/c1-6(15)14-4-2-7(3-5-14)8(16-13)9(10,11)12/h7-8H,2-5H2,1H3. The maximum atomic E-state index is 12.6. The Kier molecular flexibility index (Phi) is 4.84. The number of rotatable bonds is 2. The first kappa shape index (κ1) is 14.0. The third-order valence-electron chi connectivity index (χ3n) is 2.83. The maximum Gasteiger partial charge on any atom is 0.415 e. The average Bonchev–Trinajstić information content (AvgIpc) is 2.17. The molecule has 16 heavy (non-hydrogen) atoms. The lowest BCUT2D eigenvalue weighted by Crippen LogP contribution is -2.44. The molecule has 0 N–H and O–H groups in total. The van der Waals surface area contributed by atoms with Gasteiger partial charge in [-0.1, -0.05) is 0 Å². The molecule has 1 rings (SSSR count). The predicted molar refractivity (Wildman–Crippen MR) is 59.9 cm³/mol. The van der Waals surface area contributed by atoms with Crippen molar-refractivity contribution >= 4 is 28.9 Å². The Bertz CT molecular complexity index is 252. The second kappa shape index (κ2) is 5.52. The topological polar surface area (TPSA) is 29.5 Å². The van der Waals surface area contributed by atoms with Gasteiger partial charge in [0, 0.05) is 20.0 Å². The van der Waals surface area contributed by atoms with Crippen molar-refractivity contribution in [1.29, 1.82) is 0 Å². The molecule has 1 aliphatic heterocycles. The van der Waals surface area contributed by atoms with Crippen molar-refractivity contribution in [3.05, 3.63) is 0 Å². The summed E-state index contributed by atoms with van der Waals surface area (Å²) in [6.45, 7) is 2.19. The molecule has 0 saturated carbocycles. The molecule has 1 unspecified atom stereocenters. The van der Waals surface area contributed by atoms with Gasteiger partial charge in [-0.05, 0) is 18.8 Å². The van der Waals surface area contributed by atoms with Gasteiger partial charge in [-0.15, -0.1) is 0 Å². The summed E-state index contributed by atoms with van der Waals surface area (Å²) in [6, 6.07) is 0. The summed E-state index contributed by atoms with van der Waals surface area (Å²) in [5.74, 6) is -0.634. The van der Waals surface area contributed by atoms with E-state index in [1.165, 1.54) is 29.9 Å². The van der Waals surface area contributed by atoms with Crippen molar-refractivity contribution in [2.75, 3.05) is 13.1 Å². The molecule has 0 bridgehead atoms. The Balaban J connectivity index is 2.55. The molecule has 1 atom stereocenters. The van der Waals surface area contributed by atoms with Gasteiger partial charge in [0.15, 0.2) is 6.10 Å². The molecule has 0 aromatic rings. The van der Waals surface area contributed by atoms with E-state index < -0.39 is 18.2 Å². The zero-order chi connectivity index (χ0) is 12.3. The molecule has 1 amide bonds. The van der Waals surface area contributed by atoms with Gasteiger partial charge < -0.3 is 7.97 Å². The number of piperidine rings is 1. The van der Waals surface area contributed by atoms with Crippen LogP contribution in [0.15, 0.2) is 0 Å². The fourth-order valence-corrected chi connectivity index (χ4v) is 2.61. The Hall–Kier alpha value is -0.0500. The van der Waals surface area contributed by atoms with Crippen LogP contribution in [-0.2, 0) is 7.86 Å². The Morgan fingerprint density at radius 3 is 2.25 bits per heavy atom. The van der Waals surface area contributed by atoms with E-state index in [-0.39, 0.29) is 5.91 Å². The first-order valence-electron chi connectivity index (χ1n) is 4.96. The van der Waals surface area contributed by atoms with E-state index in [0.29, 0.717) is 25.9 Å². The molecule has 1 fully saturated rings. The van der Waals surface area contributed by atoms with Crippen LogP contribution in [0.4, 0.5) is 13.2 Å². The van der Waals surface area contributed by atoms with Crippen LogP contribution in [0.3, 0.4) is 0 Å². The van der Waals surface area contributed by atoms with Gasteiger partial charge in [-0.3, -0.25) is 4.79 Å². The van der Waals surface area contributed by atoms with Crippen LogP contribution in [0.25, 0.3) is 0 Å². The molecule has 0 radical (unpaired) electrons. The number of carbonyl (C=O) groups is 1. The summed E-state index contributed by atoms with van der Waals surface area (Å²) in [6.07, 6.45) is -5.37.